The molecule has 1 aliphatic rings. The fraction of sp³-hybridized carbons (Fsp3) is 0.333. The van der Waals surface area contributed by atoms with E-state index in [1.165, 1.54) is 12.4 Å². The summed E-state index contributed by atoms with van der Waals surface area (Å²) >= 11 is 5.88. The number of carbonyl (C=O) groups excluding carboxylic acids is 1. The Bertz CT molecular complexity index is 448. The summed E-state index contributed by atoms with van der Waals surface area (Å²) in [4.78, 5) is 15.7. The van der Waals surface area contributed by atoms with E-state index in [4.69, 9.17) is 16.7 Å². The Labute approximate surface area is 104 Å². The van der Waals surface area contributed by atoms with E-state index in [0.29, 0.717) is 10.6 Å². The van der Waals surface area contributed by atoms with E-state index in [-0.39, 0.29) is 24.5 Å². The van der Waals surface area contributed by atoms with Gasteiger partial charge in [-0.05, 0) is 12.5 Å². The number of rotatable bonds is 3. The maximum absolute atomic E-state index is 11.9. The van der Waals surface area contributed by atoms with Crippen LogP contribution >= 0.6 is 11.6 Å². The van der Waals surface area contributed by atoms with Crippen molar-refractivity contribution in [3.8, 4) is 0 Å². The van der Waals surface area contributed by atoms with Crippen LogP contribution in [-0.2, 0) is 0 Å². The normalized spacial score (nSPS) is 22.7. The van der Waals surface area contributed by atoms with Crippen LogP contribution in [-0.4, -0.2) is 28.6 Å². The fourth-order valence-electron chi connectivity index (χ4n) is 1.82. The van der Waals surface area contributed by atoms with Gasteiger partial charge < -0.3 is 10.4 Å². The van der Waals surface area contributed by atoms with Gasteiger partial charge in [0, 0.05) is 31.0 Å². The Kier molecular flexibility index (Phi) is 3.76. The maximum atomic E-state index is 11.9. The lowest BCUT2D eigenvalue weighted by molar-refractivity contribution is 0.0941. The zero-order chi connectivity index (χ0) is 12.3. The van der Waals surface area contributed by atoms with Crippen molar-refractivity contribution in [2.45, 2.75) is 12.5 Å². The minimum absolute atomic E-state index is 0.0381. The van der Waals surface area contributed by atoms with E-state index >= 15 is 0 Å². The third-order valence-electron chi connectivity index (χ3n) is 2.74. The summed E-state index contributed by atoms with van der Waals surface area (Å²) in [5, 5.41) is 12.2. The number of aliphatic hydroxyl groups excluding tert-OH is 1. The zero-order valence-corrected chi connectivity index (χ0v) is 9.89. The molecule has 4 nitrogen and oxygen atoms in total. The van der Waals surface area contributed by atoms with Gasteiger partial charge in [0.15, 0.2) is 0 Å². The number of hydrogen-bond donors (Lipinski definition) is 2. The average molecular weight is 253 g/mol. The number of nitrogens with zero attached hydrogens (tertiary/aromatic N) is 1. The van der Waals surface area contributed by atoms with Gasteiger partial charge >= 0.3 is 0 Å². The van der Waals surface area contributed by atoms with Gasteiger partial charge in [0.25, 0.3) is 5.91 Å². The largest absolute Gasteiger partial charge is 0.396 e. The molecule has 0 aliphatic heterocycles. The molecular formula is C12H13ClN2O2. The average Bonchev–Trinajstić information content (AvgIpc) is 2.77. The summed E-state index contributed by atoms with van der Waals surface area (Å²) in [5.74, 6) is -0.0844. The highest BCUT2D eigenvalue weighted by Crippen LogP contribution is 2.19. The molecule has 1 heterocycles. The van der Waals surface area contributed by atoms with E-state index in [9.17, 15) is 4.79 Å². The van der Waals surface area contributed by atoms with Crippen LogP contribution in [0.5, 0.6) is 0 Å². The van der Waals surface area contributed by atoms with Crippen LogP contribution in [0.15, 0.2) is 30.6 Å². The third kappa shape index (κ3) is 2.84. The first-order valence-corrected chi connectivity index (χ1v) is 5.78. The maximum Gasteiger partial charge on any atom is 0.253 e. The zero-order valence-electron chi connectivity index (χ0n) is 9.14. The van der Waals surface area contributed by atoms with E-state index in [2.05, 4.69) is 10.3 Å². The number of hydrogen-bond acceptors (Lipinski definition) is 3. The Morgan fingerprint density at radius 2 is 2.41 bits per heavy atom. The molecule has 0 saturated carbocycles. The van der Waals surface area contributed by atoms with Crippen molar-refractivity contribution in [1.82, 2.24) is 10.3 Å². The lowest BCUT2D eigenvalue weighted by Gasteiger charge is -2.13. The standard InChI is InChI=1S/C12H13ClN2O2/c13-11-6-14-4-3-10(11)12(17)15-9-2-1-8(5-9)7-16/h1-4,6,8-9,16H,5,7H2,(H,15,17)/t8-,9+/m0/s1. The first-order valence-electron chi connectivity index (χ1n) is 5.40. The molecule has 0 spiro atoms. The van der Waals surface area contributed by atoms with Gasteiger partial charge in [0.1, 0.15) is 0 Å². The van der Waals surface area contributed by atoms with Crippen molar-refractivity contribution in [3.05, 3.63) is 41.2 Å². The summed E-state index contributed by atoms with van der Waals surface area (Å²) in [6.07, 6.45) is 7.51. The Balaban J connectivity index is 1.99. The van der Waals surface area contributed by atoms with Crippen LogP contribution in [0.4, 0.5) is 0 Å². The van der Waals surface area contributed by atoms with Crippen molar-refractivity contribution in [3.63, 3.8) is 0 Å². The van der Waals surface area contributed by atoms with Gasteiger partial charge in [0.05, 0.1) is 10.6 Å². The second-order valence-corrected chi connectivity index (χ2v) is 4.41. The summed E-state index contributed by atoms with van der Waals surface area (Å²) in [5.41, 5.74) is 0.419. The highest BCUT2D eigenvalue weighted by molar-refractivity contribution is 6.33. The molecule has 1 amide bonds. The van der Waals surface area contributed by atoms with Crippen molar-refractivity contribution >= 4 is 17.5 Å². The molecule has 1 aromatic heterocycles. The predicted molar refractivity (Wildman–Crippen MR) is 64.8 cm³/mol. The number of halogens is 1. The Hall–Kier alpha value is -1.39. The second-order valence-electron chi connectivity index (χ2n) is 4.00. The summed E-state index contributed by atoms with van der Waals surface area (Å²) < 4.78 is 0. The minimum atomic E-state index is -0.217. The lowest BCUT2D eigenvalue weighted by atomic mass is 10.1. The molecule has 2 rings (SSSR count). The number of nitrogens with one attached hydrogen (secondary N) is 1. The van der Waals surface area contributed by atoms with Gasteiger partial charge in [-0.2, -0.15) is 0 Å². The molecule has 0 bridgehead atoms. The predicted octanol–water partition coefficient (Wildman–Crippen LogP) is 1.40. The topological polar surface area (TPSA) is 62.2 Å². The number of pyridine rings is 1. The van der Waals surface area contributed by atoms with Gasteiger partial charge in [-0.25, -0.2) is 0 Å². The first kappa shape index (κ1) is 12.1. The van der Waals surface area contributed by atoms with Crippen LogP contribution in [0.25, 0.3) is 0 Å². The quantitative estimate of drug-likeness (QED) is 0.800. The molecule has 0 unspecified atom stereocenters. The summed E-state index contributed by atoms with van der Waals surface area (Å²) in [6, 6.07) is 1.55. The van der Waals surface area contributed by atoms with Gasteiger partial charge in [-0.3, -0.25) is 9.78 Å². The van der Waals surface area contributed by atoms with Gasteiger partial charge in [-0.1, -0.05) is 23.8 Å². The molecule has 17 heavy (non-hydrogen) atoms. The van der Waals surface area contributed by atoms with E-state index in [1.807, 2.05) is 12.2 Å². The highest BCUT2D eigenvalue weighted by Gasteiger charge is 2.21. The van der Waals surface area contributed by atoms with Crippen LogP contribution in [0, 0.1) is 5.92 Å². The number of aromatic nitrogens is 1. The monoisotopic (exact) mass is 252 g/mol. The third-order valence-corrected chi connectivity index (χ3v) is 3.04. The molecule has 2 atom stereocenters. The van der Waals surface area contributed by atoms with E-state index < -0.39 is 0 Å². The van der Waals surface area contributed by atoms with Crippen LogP contribution in [0.1, 0.15) is 16.8 Å². The van der Waals surface area contributed by atoms with Crippen LogP contribution in [0.2, 0.25) is 5.02 Å². The van der Waals surface area contributed by atoms with Gasteiger partial charge in [0.2, 0.25) is 0 Å². The van der Waals surface area contributed by atoms with Crippen molar-refractivity contribution in [2.75, 3.05) is 6.61 Å². The number of carbonyl (C=O) groups is 1. The lowest BCUT2D eigenvalue weighted by Crippen LogP contribution is -2.33. The smallest absolute Gasteiger partial charge is 0.253 e. The molecule has 0 fully saturated rings. The Morgan fingerprint density at radius 1 is 1.59 bits per heavy atom. The van der Waals surface area contributed by atoms with E-state index in [1.54, 1.807) is 6.07 Å². The fourth-order valence-corrected chi connectivity index (χ4v) is 2.03. The molecule has 90 valence electrons. The first-order chi connectivity index (χ1) is 8.20. The number of aliphatic hydroxyl groups is 1. The molecule has 0 radical (unpaired) electrons. The molecule has 1 aliphatic carbocycles. The van der Waals surface area contributed by atoms with Crippen molar-refractivity contribution < 1.29 is 9.90 Å². The molecule has 5 heteroatoms. The second kappa shape index (κ2) is 5.29. The van der Waals surface area contributed by atoms with Crippen molar-refractivity contribution in [2.24, 2.45) is 5.92 Å². The SMILES string of the molecule is O=C(N[C@@H]1C=C[C@H](CO)C1)c1ccncc1Cl. The van der Waals surface area contributed by atoms with Crippen LogP contribution in [0.3, 0.4) is 0 Å². The van der Waals surface area contributed by atoms with Crippen LogP contribution < -0.4 is 5.32 Å². The summed E-state index contributed by atoms with van der Waals surface area (Å²) in [6.45, 7) is 0.110. The Morgan fingerprint density at radius 3 is 3.06 bits per heavy atom. The van der Waals surface area contributed by atoms with Gasteiger partial charge in [-0.15, -0.1) is 0 Å². The molecule has 1 aromatic rings. The molecule has 0 aromatic carbocycles. The number of amides is 1. The van der Waals surface area contributed by atoms with E-state index in [0.717, 1.165) is 6.42 Å². The minimum Gasteiger partial charge on any atom is -0.396 e. The molecule has 2 N–H and O–H groups in total. The molecular weight excluding hydrogens is 240 g/mol. The molecule has 0 saturated heterocycles. The highest BCUT2D eigenvalue weighted by atomic mass is 35.5. The van der Waals surface area contributed by atoms with Crippen molar-refractivity contribution in [1.29, 1.82) is 0 Å². The summed E-state index contributed by atoms with van der Waals surface area (Å²) in [7, 11) is 0.